The highest BCUT2D eigenvalue weighted by Gasteiger charge is 2.18. The van der Waals surface area contributed by atoms with Gasteiger partial charge in [0.1, 0.15) is 6.33 Å². The first-order valence-electron chi connectivity index (χ1n) is 5.53. The van der Waals surface area contributed by atoms with Crippen molar-refractivity contribution in [1.82, 2.24) is 9.66 Å². The largest absolute Gasteiger partial charge is 0.304 e. The zero-order valence-corrected chi connectivity index (χ0v) is 8.97. The number of rotatable bonds is 1. The molecule has 1 fully saturated rings. The maximum atomic E-state index is 11.4. The van der Waals surface area contributed by atoms with Gasteiger partial charge in [0.15, 0.2) is 5.78 Å². The molecule has 4 nitrogen and oxygen atoms in total. The fourth-order valence-electron chi connectivity index (χ4n) is 2.18. The molecule has 1 aromatic carbocycles. The molecule has 2 aromatic rings. The van der Waals surface area contributed by atoms with E-state index in [2.05, 4.69) is 9.99 Å². The molecule has 16 heavy (non-hydrogen) atoms. The van der Waals surface area contributed by atoms with E-state index in [-0.39, 0.29) is 0 Å². The number of imidazole rings is 1. The number of ketones is 1. The Morgan fingerprint density at radius 3 is 3.00 bits per heavy atom. The maximum absolute atomic E-state index is 11.4. The summed E-state index contributed by atoms with van der Waals surface area (Å²) in [4.78, 5) is 15.8. The van der Waals surface area contributed by atoms with Crippen molar-refractivity contribution in [2.45, 2.75) is 12.8 Å². The molecule has 3 rings (SSSR count). The van der Waals surface area contributed by atoms with Crippen molar-refractivity contribution in [2.75, 3.05) is 18.1 Å². The summed E-state index contributed by atoms with van der Waals surface area (Å²) >= 11 is 0. The summed E-state index contributed by atoms with van der Waals surface area (Å²) in [7, 11) is 0. The maximum Gasteiger partial charge on any atom is 0.153 e. The summed E-state index contributed by atoms with van der Waals surface area (Å²) in [6.07, 6.45) is 3.44. The topological polar surface area (TPSA) is 38.1 Å². The summed E-state index contributed by atoms with van der Waals surface area (Å²) in [5.41, 5.74) is 2.04. The van der Waals surface area contributed by atoms with Crippen molar-refractivity contribution < 1.29 is 4.79 Å². The second-order valence-corrected chi connectivity index (χ2v) is 4.11. The van der Waals surface area contributed by atoms with Crippen LogP contribution >= 0.6 is 0 Å². The highest BCUT2D eigenvalue weighted by Crippen LogP contribution is 2.14. The molecule has 0 N–H and O–H groups in total. The first-order valence-corrected chi connectivity index (χ1v) is 5.53. The molecule has 0 unspecified atom stereocenters. The SMILES string of the molecule is O=C1CCCN(n2cnc3ccccc32)C1. The van der Waals surface area contributed by atoms with Crippen molar-refractivity contribution in [3.05, 3.63) is 30.6 Å². The number of nitrogens with zero attached hydrogens (tertiary/aromatic N) is 3. The number of piperidine rings is 1. The van der Waals surface area contributed by atoms with Crippen molar-refractivity contribution >= 4 is 16.8 Å². The van der Waals surface area contributed by atoms with Gasteiger partial charge in [-0.2, -0.15) is 0 Å². The Kier molecular flexibility index (Phi) is 2.13. The minimum Gasteiger partial charge on any atom is -0.304 e. The lowest BCUT2D eigenvalue weighted by atomic mass is 10.1. The molecule has 82 valence electrons. The number of fused-ring (bicyclic) bond motifs is 1. The fourth-order valence-corrected chi connectivity index (χ4v) is 2.18. The summed E-state index contributed by atoms with van der Waals surface area (Å²) in [5.74, 6) is 0.309. The van der Waals surface area contributed by atoms with E-state index >= 15 is 0 Å². The fraction of sp³-hybridized carbons (Fsp3) is 0.333. The Bertz CT molecular complexity index is 532. The molecule has 4 heteroatoms. The normalized spacial score (nSPS) is 17.0. The molecule has 0 radical (unpaired) electrons. The van der Waals surface area contributed by atoms with Crippen molar-refractivity contribution in [3.8, 4) is 0 Å². The van der Waals surface area contributed by atoms with Crippen LogP contribution in [0.2, 0.25) is 0 Å². The molecule has 0 saturated carbocycles. The van der Waals surface area contributed by atoms with Crippen LogP contribution in [0.1, 0.15) is 12.8 Å². The third-order valence-corrected chi connectivity index (χ3v) is 2.97. The Morgan fingerprint density at radius 2 is 2.12 bits per heavy atom. The van der Waals surface area contributed by atoms with Crippen LogP contribution in [0.5, 0.6) is 0 Å². The van der Waals surface area contributed by atoms with Crippen LogP contribution in [0.25, 0.3) is 11.0 Å². The third kappa shape index (κ3) is 1.46. The van der Waals surface area contributed by atoms with E-state index in [1.54, 1.807) is 6.33 Å². The number of benzene rings is 1. The minimum atomic E-state index is 0.309. The van der Waals surface area contributed by atoms with Crippen molar-refractivity contribution in [1.29, 1.82) is 0 Å². The van der Waals surface area contributed by atoms with Crippen LogP contribution in [0.3, 0.4) is 0 Å². The van der Waals surface area contributed by atoms with E-state index in [0.29, 0.717) is 18.7 Å². The number of carbonyl (C=O) groups excluding carboxylic acids is 1. The van der Waals surface area contributed by atoms with Gasteiger partial charge in [0.2, 0.25) is 0 Å². The summed E-state index contributed by atoms with van der Waals surface area (Å²) < 4.78 is 1.99. The molecule has 0 bridgehead atoms. The summed E-state index contributed by atoms with van der Waals surface area (Å²) in [6, 6.07) is 7.98. The van der Waals surface area contributed by atoms with Gasteiger partial charge >= 0.3 is 0 Å². The Balaban J connectivity index is 2.02. The first-order chi connectivity index (χ1) is 7.84. The van der Waals surface area contributed by atoms with Gasteiger partial charge in [0, 0.05) is 13.0 Å². The lowest BCUT2D eigenvalue weighted by Crippen LogP contribution is -2.42. The van der Waals surface area contributed by atoms with E-state index in [0.717, 1.165) is 24.0 Å². The predicted molar refractivity (Wildman–Crippen MR) is 61.9 cm³/mol. The van der Waals surface area contributed by atoms with Gasteiger partial charge in [-0.25, -0.2) is 9.66 Å². The average Bonchev–Trinajstić information content (AvgIpc) is 2.72. The van der Waals surface area contributed by atoms with Gasteiger partial charge in [-0.05, 0) is 18.6 Å². The molecule has 1 saturated heterocycles. The predicted octanol–water partition coefficient (Wildman–Crippen LogP) is 1.34. The van der Waals surface area contributed by atoms with Crippen LogP contribution in [0.4, 0.5) is 0 Å². The van der Waals surface area contributed by atoms with Crippen molar-refractivity contribution in [2.24, 2.45) is 0 Å². The van der Waals surface area contributed by atoms with E-state index < -0.39 is 0 Å². The quantitative estimate of drug-likeness (QED) is 0.720. The van der Waals surface area contributed by atoms with Gasteiger partial charge in [0.25, 0.3) is 0 Å². The number of hydrogen-bond acceptors (Lipinski definition) is 3. The zero-order valence-electron chi connectivity index (χ0n) is 8.97. The van der Waals surface area contributed by atoms with Gasteiger partial charge < -0.3 is 5.01 Å². The van der Waals surface area contributed by atoms with Crippen LogP contribution in [-0.2, 0) is 4.79 Å². The Labute approximate surface area is 93.5 Å². The standard InChI is InChI=1S/C12H13N3O/c16-10-4-3-7-14(8-10)15-9-13-11-5-1-2-6-12(11)15/h1-2,5-6,9H,3-4,7-8H2. The van der Waals surface area contributed by atoms with Crippen molar-refractivity contribution in [3.63, 3.8) is 0 Å². The van der Waals surface area contributed by atoms with Gasteiger partial charge in [-0.15, -0.1) is 0 Å². The highest BCUT2D eigenvalue weighted by atomic mass is 16.1. The smallest absolute Gasteiger partial charge is 0.153 e. The molecule has 2 heterocycles. The number of hydrogen-bond donors (Lipinski definition) is 0. The van der Waals surface area contributed by atoms with Crippen LogP contribution in [0.15, 0.2) is 30.6 Å². The van der Waals surface area contributed by atoms with Gasteiger partial charge in [-0.1, -0.05) is 12.1 Å². The summed E-state index contributed by atoms with van der Waals surface area (Å²) in [5, 5.41) is 2.06. The highest BCUT2D eigenvalue weighted by molar-refractivity contribution is 5.83. The average molecular weight is 215 g/mol. The lowest BCUT2D eigenvalue weighted by molar-refractivity contribution is -0.118. The Morgan fingerprint density at radius 1 is 1.25 bits per heavy atom. The van der Waals surface area contributed by atoms with Crippen LogP contribution in [0, 0.1) is 0 Å². The van der Waals surface area contributed by atoms with Gasteiger partial charge in [-0.3, -0.25) is 4.79 Å². The van der Waals surface area contributed by atoms with Crippen LogP contribution < -0.4 is 5.01 Å². The van der Waals surface area contributed by atoms with E-state index in [4.69, 9.17) is 0 Å². The summed E-state index contributed by atoms with van der Waals surface area (Å²) in [6.45, 7) is 1.42. The number of para-hydroxylation sites is 2. The molecule has 1 aliphatic heterocycles. The Hall–Kier alpha value is -1.84. The molecule has 0 atom stereocenters. The molecule has 1 aliphatic rings. The first kappa shape index (κ1) is 9.39. The molecule has 0 spiro atoms. The number of carbonyl (C=O) groups is 1. The molecular weight excluding hydrogens is 202 g/mol. The second-order valence-electron chi connectivity index (χ2n) is 4.11. The minimum absolute atomic E-state index is 0.309. The molecule has 0 amide bonds. The lowest BCUT2D eigenvalue weighted by Gasteiger charge is -2.28. The molecular formula is C12H13N3O. The van der Waals surface area contributed by atoms with E-state index in [9.17, 15) is 4.79 Å². The molecule has 1 aromatic heterocycles. The second kappa shape index (κ2) is 3.63. The van der Waals surface area contributed by atoms with Crippen LogP contribution in [-0.4, -0.2) is 28.5 Å². The number of Topliss-reactive ketones (excluding diaryl/α,β-unsaturated/α-hetero) is 1. The van der Waals surface area contributed by atoms with E-state index in [1.165, 1.54) is 0 Å². The van der Waals surface area contributed by atoms with Gasteiger partial charge in [0.05, 0.1) is 17.6 Å². The third-order valence-electron chi connectivity index (χ3n) is 2.97. The molecule has 0 aliphatic carbocycles. The zero-order chi connectivity index (χ0) is 11.0. The number of aromatic nitrogens is 2. The monoisotopic (exact) mass is 215 g/mol. The van der Waals surface area contributed by atoms with E-state index in [1.807, 2.05) is 28.9 Å².